The van der Waals surface area contributed by atoms with Gasteiger partial charge >= 0.3 is 6.03 Å². The van der Waals surface area contributed by atoms with Crippen molar-refractivity contribution in [3.63, 3.8) is 0 Å². The molecule has 2 aromatic rings. The maximum Gasteiger partial charge on any atom is 0.329 e. The lowest BCUT2D eigenvalue weighted by Gasteiger charge is -2.47. The third-order valence-electron chi connectivity index (χ3n) is 6.72. The van der Waals surface area contributed by atoms with E-state index in [1.807, 2.05) is 31.2 Å². The Kier molecular flexibility index (Phi) is 6.21. The number of nitrogens with zero attached hydrogens (tertiary/aromatic N) is 2. The number of amides is 4. The van der Waals surface area contributed by atoms with E-state index in [0.717, 1.165) is 29.0 Å². The van der Waals surface area contributed by atoms with Gasteiger partial charge in [-0.25, -0.2) is 9.69 Å². The van der Waals surface area contributed by atoms with Crippen LogP contribution in [0.15, 0.2) is 48.2 Å². The van der Waals surface area contributed by atoms with Crippen LogP contribution < -0.4 is 15.5 Å². The number of benzene rings is 2. The van der Waals surface area contributed by atoms with Crippen LogP contribution in [0.3, 0.4) is 0 Å². The summed E-state index contributed by atoms with van der Waals surface area (Å²) >= 11 is 0. The van der Waals surface area contributed by atoms with E-state index in [-0.39, 0.29) is 17.8 Å². The zero-order valence-corrected chi connectivity index (χ0v) is 20.4. The number of aryl methyl sites for hydroxylation is 1. The number of carbonyl (C=O) groups excluding carboxylic acids is 3. The highest BCUT2D eigenvalue weighted by Gasteiger charge is 2.37. The van der Waals surface area contributed by atoms with Crippen LogP contribution in [0.5, 0.6) is 0 Å². The number of hydrogen-bond donors (Lipinski definition) is 2. The van der Waals surface area contributed by atoms with Crippen molar-refractivity contribution in [2.75, 3.05) is 23.3 Å². The number of para-hydroxylation sites is 1. The molecule has 1 fully saturated rings. The van der Waals surface area contributed by atoms with Crippen molar-refractivity contribution >= 4 is 35.3 Å². The number of rotatable bonds is 5. The van der Waals surface area contributed by atoms with Gasteiger partial charge in [-0.15, -0.1) is 0 Å². The van der Waals surface area contributed by atoms with Crippen LogP contribution in [0.4, 0.5) is 16.2 Å². The summed E-state index contributed by atoms with van der Waals surface area (Å²) in [5.74, 6) is -0.558. The van der Waals surface area contributed by atoms with Gasteiger partial charge in [-0.3, -0.25) is 9.59 Å². The van der Waals surface area contributed by atoms with Crippen molar-refractivity contribution in [2.24, 2.45) is 0 Å². The van der Waals surface area contributed by atoms with E-state index < -0.39 is 17.8 Å². The van der Waals surface area contributed by atoms with Crippen molar-refractivity contribution < 1.29 is 14.4 Å². The molecule has 4 amide bonds. The van der Waals surface area contributed by atoms with E-state index in [1.54, 1.807) is 12.1 Å². The minimum absolute atomic E-state index is 0.0793. The normalized spacial score (nSPS) is 20.4. The molecule has 0 aromatic heterocycles. The quantitative estimate of drug-likeness (QED) is 0.503. The Bertz CT molecular complexity index is 1180. The predicted octanol–water partition coefficient (Wildman–Crippen LogP) is 4.64. The molecule has 7 heteroatoms. The van der Waals surface area contributed by atoms with Gasteiger partial charge in [0.1, 0.15) is 12.2 Å². The Morgan fingerprint density at radius 3 is 2.65 bits per heavy atom. The fourth-order valence-corrected chi connectivity index (χ4v) is 5.13. The number of nitrogens with one attached hydrogen (secondary N) is 2. The lowest BCUT2D eigenvalue weighted by Crippen LogP contribution is -2.48. The molecule has 178 valence electrons. The number of fused-ring (bicyclic) bond motifs is 1. The Hall–Kier alpha value is -3.61. The first-order chi connectivity index (χ1) is 16.1. The zero-order valence-electron chi connectivity index (χ0n) is 20.4. The van der Waals surface area contributed by atoms with Crippen LogP contribution in [-0.2, 0) is 9.59 Å². The molecule has 1 unspecified atom stereocenters. The molecule has 4 rings (SSSR count). The van der Waals surface area contributed by atoms with Gasteiger partial charge in [0.2, 0.25) is 5.91 Å². The molecule has 0 bridgehead atoms. The van der Waals surface area contributed by atoms with Gasteiger partial charge in [-0.05, 0) is 81.0 Å². The number of carbonyl (C=O) groups is 3. The van der Waals surface area contributed by atoms with Crippen LogP contribution in [0.1, 0.15) is 56.7 Å². The lowest BCUT2D eigenvalue weighted by molar-refractivity contribution is -0.127. The van der Waals surface area contributed by atoms with Crippen molar-refractivity contribution in [3.8, 4) is 0 Å². The maximum atomic E-state index is 12.9. The summed E-state index contributed by atoms with van der Waals surface area (Å²) in [6.45, 7) is 11.4. The van der Waals surface area contributed by atoms with Crippen LogP contribution in [-0.4, -0.2) is 41.4 Å². The van der Waals surface area contributed by atoms with E-state index in [9.17, 15) is 14.4 Å². The fourth-order valence-electron chi connectivity index (χ4n) is 5.13. The molecule has 0 aliphatic carbocycles. The molecule has 0 saturated carbocycles. The highest BCUT2D eigenvalue weighted by atomic mass is 16.2. The molecular formula is C27H32N4O3. The highest BCUT2D eigenvalue weighted by Crippen LogP contribution is 2.43. The van der Waals surface area contributed by atoms with Gasteiger partial charge < -0.3 is 15.5 Å². The van der Waals surface area contributed by atoms with Crippen molar-refractivity contribution in [1.29, 1.82) is 0 Å². The summed E-state index contributed by atoms with van der Waals surface area (Å²) in [5, 5.41) is 5.38. The summed E-state index contributed by atoms with van der Waals surface area (Å²) in [5.41, 5.74) is 5.10. The zero-order chi connectivity index (χ0) is 24.6. The maximum absolute atomic E-state index is 12.9. The molecule has 2 aliphatic heterocycles. The molecule has 2 aromatic carbocycles. The van der Waals surface area contributed by atoms with Gasteiger partial charge in [0.25, 0.3) is 5.91 Å². The van der Waals surface area contributed by atoms with Gasteiger partial charge in [0.15, 0.2) is 0 Å². The molecule has 7 nitrogen and oxygen atoms in total. The fraction of sp³-hybridized carbons (Fsp3) is 0.370. The second-order valence-electron chi connectivity index (χ2n) is 9.72. The number of anilines is 2. The monoisotopic (exact) mass is 460 g/mol. The molecule has 1 atom stereocenters. The summed E-state index contributed by atoms with van der Waals surface area (Å²) in [6.07, 6.45) is 2.72. The van der Waals surface area contributed by atoms with E-state index in [0.29, 0.717) is 11.6 Å². The molecule has 2 heterocycles. The summed E-state index contributed by atoms with van der Waals surface area (Å²) in [6, 6.07) is 12.9. The van der Waals surface area contributed by atoms with Crippen LogP contribution in [0, 0.1) is 6.92 Å². The molecule has 34 heavy (non-hydrogen) atoms. The van der Waals surface area contributed by atoms with E-state index in [2.05, 4.69) is 55.4 Å². The van der Waals surface area contributed by atoms with Crippen molar-refractivity contribution in [2.45, 2.75) is 52.5 Å². The first kappa shape index (κ1) is 23.5. The molecule has 2 N–H and O–H groups in total. The van der Waals surface area contributed by atoms with Crippen LogP contribution in [0.2, 0.25) is 0 Å². The van der Waals surface area contributed by atoms with Gasteiger partial charge in [0, 0.05) is 23.5 Å². The molecular weight excluding hydrogens is 428 g/mol. The van der Waals surface area contributed by atoms with Crippen LogP contribution >= 0.6 is 0 Å². The summed E-state index contributed by atoms with van der Waals surface area (Å²) in [7, 11) is 0. The van der Waals surface area contributed by atoms with E-state index >= 15 is 0 Å². The second kappa shape index (κ2) is 8.97. The Labute approximate surface area is 200 Å². The smallest absolute Gasteiger partial charge is 0.329 e. The Morgan fingerprint density at radius 2 is 1.94 bits per heavy atom. The first-order valence-corrected chi connectivity index (χ1v) is 11.7. The van der Waals surface area contributed by atoms with Crippen molar-refractivity contribution in [1.82, 2.24) is 10.2 Å². The first-order valence-electron chi connectivity index (χ1n) is 11.7. The highest BCUT2D eigenvalue weighted by molar-refractivity contribution is 6.16. The SMILES string of the molecule is CCN1c2ccc(/C=C3/NC(=O)N(CC(=O)Nc4ccccc4C)C3=O)cc2C(C)CC1(C)C. The third-order valence-corrected chi connectivity index (χ3v) is 6.72. The van der Waals surface area contributed by atoms with Crippen LogP contribution in [0.25, 0.3) is 6.08 Å². The predicted molar refractivity (Wildman–Crippen MR) is 135 cm³/mol. The number of hydrogen-bond acceptors (Lipinski definition) is 4. The third kappa shape index (κ3) is 4.42. The van der Waals surface area contributed by atoms with Gasteiger partial charge in [-0.1, -0.05) is 31.2 Å². The number of urea groups is 1. The van der Waals surface area contributed by atoms with Gasteiger partial charge in [-0.2, -0.15) is 0 Å². The van der Waals surface area contributed by atoms with E-state index in [4.69, 9.17) is 0 Å². The van der Waals surface area contributed by atoms with E-state index in [1.165, 1.54) is 11.3 Å². The number of imide groups is 1. The second-order valence-corrected chi connectivity index (χ2v) is 9.72. The Morgan fingerprint density at radius 1 is 1.21 bits per heavy atom. The Balaban J connectivity index is 1.52. The average molecular weight is 461 g/mol. The molecule has 0 radical (unpaired) electrons. The topological polar surface area (TPSA) is 81.8 Å². The summed E-state index contributed by atoms with van der Waals surface area (Å²) < 4.78 is 0. The standard InChI is InChI=1S/C27H32N4O3/c1-6-31-23-12-11-19(13-20(23)18(3)15-27(31,4)5)14-22-25(33)30(26(34)29-22)16-24(32)28-21-10-8-7-9-17(21)2/h7-14,18H,6,15-16H2,1-5H3,(H,28,32)(H,29,34)/b22-14+. The molecule has 2 aliphatic rings. The van der Waals surface area contributed by atoms with Gasteiger partial charge in [0.05, 0.1) is 0 Å². The lowest BCUT2D eigenvalue weighted by atomic mass is 9.79. The summed E-state index contributed by atoms with van der Waals surface area (Å²) in [4.78, 5) is 41.2. The minimum Gasteiger partial charge on any atom is -0.366 e. The largest absolute Gasteiger partial charge is 0.366 e. The molecule has 1 saturated heterocycles. The average Bonchev–Trinajstić information content (AvgIpc) is 3.02. The van der Waals surface area contributed by atoms with Crippen molar-refractivity contribution in [3.05, 3.63) is 64.9 Å². The minimum atomic E-state index is -0.596. The molecule has 0 spiro atoms.